The van der Waals surface area contributed by atoms with Gasteiger partial charge in [-0.15, -0.1) is 0 Å². The van der Waals surface area contributed by atoms with Gasteiger partial charge in [0.25, 0.3) is 6.21 Å². The summed E-state index contributed by atoms with van der Waals surface area (Å²) in [4.78, 5) is 0. The number of allylic oxidation sites excluding steroid dienone is 4. The highest BCUT2D eigenvalue weighted by Crippen LogP contribution is 2.20. The molecule has 3 heteroatoms. The number of hydrogen-bond acceptors (Lipinski definition) is 2. The molecule has 0 heterocycles. The van der Waals surface area contributed by atoms with Crippen LogP contribution in [0.15, 0.2) is 24.0 Å². The highest BCUT2D eigenvalue weighted by atomic mass is 16.5. The van der Waals surface area contributed by atoms with E-state index in [2.05, 4.69) is 19.9 Å². The molecule has 0 unspecified atom stereocenters. The Balaban J connectivity index is 4.66. The molecule has 0 aromatic heterocycles. The van der Waals surface area contributed by atoms with Crippen molar-refractivity contribution in [2.75, 3.05) is 7.11 Å². The van der Waals surface area contributed by atoms with Crippen molar-refractivity contribution in [3.8, 4) is 0 Å². The van der Waals surface area contributed by atoms with Gasteiger partial charge in [-0.1, -0.05) is 26.0 Å². The van der Waals surface area contributed by atoms with Crippen LogP contribution in [-0.2, 0) is 4.74 Å². The average Bonchev–Trinajstić information content (AvgIpc) is 2.03. The van der Waals surface area contributed by atoms with Crippen LogP contribution >= 0.6 is 0 Å². The Morgan fingerprint density at radius 3 is 2.46 bits per heavy atom. The molecular formula is C10H18NO2+. The maximum atomic E-state index is 8.45. The van der Waals surface area contributed by atoms with Crippen molar-refractivity contribution in [1.82, 2.24) is 0 Å². The molecule has 0 saturated carbocycles. The van der Waals surface area contributed by atoms with Gasteiger partial charge in [-0.3, -0.25) is 5.21 Å². The van der Waals surface area contributed by atoms with E-state index in [-0.39, 0.29) is 5.41 Å². The first-order valence-electron chi connectivity index (χ1n) is 4.19. The Hall–Kier alpha value is -1.25. The number of ether oxygens (including phenoxy) is 1. The third kappa shape index (κ3) is 5.06. The minimum absolute atomic E-state index is 0.0759. The summed E-state index contributed by atoms with van der Waals surface area (Å²) in [5.74, 6) is 0.602. The summed E-state index contributed by atoms with van der Waals surface area (Å²) < 4.78 is 5.02. The van der Waals surface area contributed by atoms with Gasteiger partial charge in [0.15, 0.2) is 5.76 Å². The molecule has 0 saturated heterocycles. The number of hydrogen-bond donors (Lipinski definition) is 2. The predicted octanol–water partition coefficient (Wildman–Crippen LogP) is 0.660. The minimum Gasteiger partial charge on any atom is -0.491 e. The molecule has 74 valence electrons. The standard InChI is InChI=1S/C10H17NO2/c1-5-6-10(2,3)7-9(13-4)8-11-12/h5-8,12H,1-4H3/p+1/b6-5-,9-7+,11-8+. The van der Waals surface area contributed by atoms with Crippen molar-refractivity contribution >= 4 is 6.21 Å². The van der Waals surface area contributed by atoms with E-state index >= 15 is 0 Å². The fourth-order valence-electron chi connectivity index (χ4n) is 1.07. The van der Waals surface area contributed by atoms with Crippen LogP contribution < -0.4 is 5.16 Å². The fourth-order valence-corrected chi connectivity index (χ4v) is 1.07. The second-order valence-corrected chi connectivity index (χ2v) is 3.35. The Morgan fingerprint density at radius 1 is 1.46 bits per heavy atom. The largest absolute Gasteiger partial charge is 0.491 e. The Labute approximate surface area is 79.4 Å². The second-order valence-electron chi connectivity index (χ2n) is 3.35. The van der Waals surface area contributed by atoms with E-state index in [1.165, 1.54) is 6.21 Å². The second kappa shape index (κ2) is 5.41. The molecule has 0 aromatic rings. The number of nitrogens with one attached hydrogen (secondary N) is 1. The van der Waals surface area contributed by atoms with Crippen molar-refractivity contribution in [3.05, 3.63) is 24.0 Å². The lowest BCUT2D eigenvalue weighted by molar-refractivity contribution is -0.734. The summed E-state index contributed by atoms with van der Waals surface area (Å²) in [6.07, 6.45) is 7.34. The first kappa shape index (κ1) is 11.8. The van der Waals surface area contributed by atoms with Crippen molar-refractivity contribution in [2.45, 2.75) is 20.8 Å². The molecule has 0 bridgehead atoms. The number of methoxy groups -OCH3 is 1. The van der Waals surface area contributed by atoms with Crippen molar-refractivity contribution in [2.24, 2.45) is 5.41 Å². The normalized spacial score (nSPS) is 14.3. The quantitative estimate of drug-likeness (QED) is 0.222. The van der Waals surface area contributed by atoms with Gasteiger partial charge in [-0.05, 0) is 18.2 Å². The Bertz CT molecular complexity index is 227. The molecule has 0 amide bonds. The molecule has 0 radical (unpaired) electrons. The lowest BCUT2D eigenvalue weighted by Crippen LogP contribution is -2.64. The van der Waals surface area contributed by atoms with Gasteiger partial charge >= 0.3 is 0 Å². The van der Waals surface area contributed by atoms with Crippen LogP contribution in [0, 0.1) is 5.41 Å². The zero-order valence-electron chi connectivity index (χ0n) is 8.66. The van der Waals surface area contributed by atoms with Gasteiger partial charge in [0.1, 0.15) is 0 Å². The predicted molar refractivity (Wildman–Crippen MR) is 52.5 cm³/mol. The maximum absolute atomic E-state index is 8.45. The molecule has 0 fully saturated rings. The fraction of sp³-hybridized carbons (Fsp3) is 0.500. The highest BCUT2D eigenvalue weighted by Gasteiger charge is 2.12. The molecule has 3 nitrogen and oxygen atoms in total. The molecule has 0 aliphatic rings. The molecule has 0 rings (SSSR count). The summed E-state index contributed by atoms with van der Waals surface area (Å²) >= 11 is 0. The van der Waals surface area contributed by atoms with E-state index < -0.39 is 0 Å². The first-order valence-corrected chi connectivity index (χ1v) is 4.19. The van der Waals surface area contributed by atoms with Gasteiger partial charge in [0.2, 0.25) is 0 Å². The zero-order valence-corrected chi connectivity index (χ0v) is 8.66. The van der Waals surface area contributed by atoms with Crippen molar-refractivity contribution in [1.29, 1.82) is 0 Å². The van der Waals surface area contributed by atoms with Crippen LogP contribution in [0.1, 0.15) is 20.8 Å². The van der Waals surface area contributed by atoms with E-state index in [1.807, 2.05) is 24.2 Å². The molecule has 0 aromatic carbocycles. The van der Waals surface area contributed by atoms with Crippen LogP contribution in [-0.4, -0.2) is 18.5 Å². The molecule has 0 spiro atoms. The van der Waals surface area contributed by atoms with Crippen molar-refractivity contribution < 1.29 is 15.1 Å². The van der Waals surface area contributed by atoms with E-state index in [1.54, 1.807) is 7.11 Å². The maximum Gasteiger partial charge on any atom is 0.254 e. The monoisotopic (exact) mass is 184 g/mol. The SMILES string of the molecule is C/C=C\C(C)(C)/C=C(\C=[NH+]\O)OC. The molecule has 0 atom stereocenters. The summed E-state index contributed by atoms with van der Waals surface area (Å²) in [5.41, 5.74) is -0.0759. The van der Waals surface area contributed by atoms with Gasteiger partial charge in [-0.25, -0.2) is 0 Å². The number of rotatable bonds is 4. The van der Waals surface area contributed by atoms with Gasteiger partial charge in [0.05, 0.1) is 7.11 Å². The molecular weight excluding hydrogens is 166 g/mol. The molecule has 2 N–H and O–H groups in total. The first-order chi connectivity index (χ1) is 6.05. The van der Waals surface area contributed by atoms with Gasteiger partial charge in [0, 0.05) is 5.41 Å². The lowest BCUT2D eigenvalue weighted by Gasteiger charge is -2.14. The molecule has 13 heavy (non-hydrogen) atoms. The van der Waals surface area contributed by atoms with Gasteiger partial charge < -0.3 is 4.74 Å². The summed E-state index contributed by atoms with van der Waals surface area (Å²) in [7, 11) is 1.56. The van der Waals surface area contributed by atoms with Crippen LogP contribution in [0.5, 0.6) is 0 Å². The topological polar surface area (TPSA) is 43.4 Å². The third-order valence-electron chi connectivity index (χ3n) is 1.55. The molecule has 0 aliphatic heterocycles. The summed E-state index contributed by atoms with van der Waals surface area (Å²) in [5, 5.41) is 10.4. The summed E-state index contributed by atoms with van der Waals surface area (Å²) in [6, 6.07) is 0. The lowest BCUT2D eigenvalue weighted by atomic mass is 9.92. The highest BCUT2D eigenvalue weighted by molar-refractivity contribution is 5.70. The third-order valence-corrected chi connectivity index (χ3v) is 1.55. The van der Waals surface area contributed by atoms with Crippen molar-refractivity contribution in [3.63, 3.8) is 0 Å². The van der Waals surface area contributed by atoms with Crippen LogP contribution in [0.4, 0.5) is 0 Å². The summed E-state index contributed by atoms with van der Waals surface area (Å²) in [6.45, 7) is 6.07. The Morgan fingerprint density at radius 2 is 2.08 bits per heavy atom. The average molecular weight is 184 g/mol. The Kier molecular flexibility index (Phi) is 4.89. The zero-order chi connectivity index (χ0) is 10.3. The van der Waals surface area contributed by atoms with E-state index in [4.69, 9.17) is 9.94 Å². The van der Waals surface area contributed by atoms with E-state index in [9.17, 15) is 0 Å². The van der Waals surface area contributed by atoms with E-state index in [0.29, 0.717) is 5.76 Å². The van der Waals surface area contributed by atoms with Crippen LogP contribution in [0.25, 0.3) is 0 Å². The van der Waals surface area contributed by atoms with Crippen LogP contribution in [0.2, 0.25) is 0 Å². The van der Waals surface area contributed by atoms with Gasteiger partial charge in [-0.2, -0.15) is 0 Å². The van der Waals surface area contributed by atoms with E-state index in [0.717, 1.165) is 0 Å². The van der Waals surface area contributed by atoms with Crippen LogP contribution in [0.3, 0.4) is 0 Å². The smallest absolute Gasteiger partial charge is 0.254 e. The molecule has 0 aliphatic carbocycles. The minimum atomic E-state index is -0.0759.